The smallest absolute Gasteiger partial charge is 0.225 e. The molecule has 27 heavy (non-hydrogen) atoms. The summed E-state index contributed by atoms with van der Waals surface area (Å²) in [4.78, 5) is 31.2. The van der Waals surface area contributed by atoms with Crippen LogP contribution in [0, 0.1) is 5.92 Å². The highest BCUT2D eigenvalue weighted by Gasteiger charge is 2.39. The van der Waals surface area contributed by atoms with E-state index in [1.54, 1.807) is 0 Å². The number of benzene rings is 1. The number of rotatable bonds is 4. The monoisotopic (exact) mass is 367 g/mol. The van der Waals surface area contributed by atoms with Crippen LogP contribution >= 0.6 is 0 Å². The Morgan fingerprint density at radius 2 is 1.78 bits per heavy atom. The number of hydrogen-bond acceptors (Lipinski definition) is 4. The lowest BCUT2D eigenvalue weighted by atomic mass is 9.83. The lowest BCUT2D eigenvalue weighted by Crippen LogP contribution is -2.50. The maximum Gasteiger partial charge on any atom is 0.225 e. The highest BCUT2D eigenvalue weighted by molar-refractivity contribution is 5.94. The van der Waals surface area contributed by atoms with Gasteiger partial charge < -0.3 is 9.80 Å². The van der Waals surface area contributed by atoms with Crippen molar-refractivity contribution >= 4 is 17.4 Å². The second-order valence-corrected chi connectivity index (χ2v) is 8.57. The zero-order chi connectivity index (χ0) is 19.2. The quantitative estimate of drug-likeness (QED) is 0.767. The minimum atomic E-state index is -0.170. The Labute approximate surface area is 161 Å². The molecule has 0 N–H and O–H groups in total. The number of amides is 1. The van der Waals surface area contributed by atoms with Crippen LogP contribution in [0.4, 0.5) is 5.69 Å². The van der Waals surface area contributed by atoms with Crippen molar-refractivity contribution in [1.82, 2.24) is 9.80 Å². The molecule has 0 aromatic heterocycles. The third-order valence-corrected chi connectivity index (χ3v) is 6.23. The van der Waals surface area contributed by atoms with Gasteiger partial charge in [0, 0.05) is 62.0 Å². The molecule has 0 unspecified atom stereocenters. The van der Waals surface area contributed by atoms with Gasteiger partial charge in [0.2, 0.25) is 5.91 Å². The van der Waals surface area contributed by atoms with Crippen LogP contribution in [0.3, 0.4) is 0 Å². The molecule has 1 aromatic carbocycles. The Morgan fingerprint density at radius 1 is 1.11 bits per heavy atom. The van der Waals surface area contributed by atoms with Crippen molar-refractivity contribution in [2.24, 2.45) is 5.92 Å². The standard InChI is InChI=1S/C22H29N3O2/c1-22(2)18-6-4-5-7-19(18)23(3)20(22)14-17(26)15-24-10-12-25(13-11-24)21(27)16-8-9-16/h4-7,14,16H,8-13,15H2,1-3H3/b20-14+. The average molecular weight is 367 g/mol. The fourth-order valence-corrected chi connectivity index (χ4v) is 4.39. The van der Waals surface area contributed by atoms with Crippen molar-refractivity contribution in [2.75, 3.05) is 44.7 Å². The van der Waals surface area contributed by atoms with E-state index in [4.69, 9.17) is 0 Å². The molecule has 1 aliphatic carbocycles. The molecule has 1 saturated heterocycles. The van der Waals surface area contributed by atoms with Crippen LogP contribution in [-0.2, 0) is 15.0 Å². The number of likely N-dealkylation sites (N-methyl/N-ethyl adjacent to an activating group) is 1. The minimum Gasteiger partial charge on any atom is -0.347 e. The second kappa shape index (κ2) is 6.79. The maximum absolute atomic E-state index is 12.8. The van der Waals surface area contributed by atoms with Gasteiger partial charge in [0.05, 0.1) is 6.54 Å². The van der Waals surface area contributed by atoms with Crippen LogP contribution in [0.2, 0.25) is 0 Å². The maximum atomic E-state index is 12.8. The van der Waals surface area contributed by atoms with Crippen molar-refractivity contribution in [3.8, 4) is 0 Å². The van der Waals surface area contributed by atoms with Gasteiger partial charge in [-0.15, -0.1) is 0 Å². The van der Waals surface area contributed by atoms with Gasteiger partial charge >= 0.3 is 0 Å². The third kappa shape index (κ3) is 3.41. The molecule has 2 aliphatic heterocycles. The van der Waals surface area contributed by atoms with Crippen LogP contribution in [0.15, 0.2) is 36.0 Å². The van der Waals surface area contributed by atoms with E-state index in [0.29, 0.717) is 12.5 Å². The predicted molar refractivity (Wildman–Crippen MR) is 107 cm³/mol. The van der Waals surface area contributed by atoms with E-state index in [-0.39, 0.29) is 17.1 Å². The Balaban J connectivity index is 1.39. The van der Waals surface area contributed by atoms with Gasteiger partial charge in [0.15, 0.2) is 5.78 Å². The predicted octanol–water partition coefficient (Wildman–Crippen LogP) is 2.42. The number of para-hydroxylation sites is 1. The molecule has 2 heterocycles. The normalized spacial score (nSPS) is 23.6. The first-order chi connectivity index (χ1) is 12.9. The van der Waals surface area contributed by atoms with E-state index in [2.05, 4.69) is 41.8 Å². The third-order valence-electron chi connectivity index (χ3n) is 6.23. The van der Waals surface area contributed by atoms with E-state index in [1.807, 2.05) is 24.1 Å². The lowest BCUT2D eigenvalue weighted by Gasteiger charge is -2.34. The second-order valence-electron chi connectivity index (χ2n) is 8.57. The molecule has 5 heteroatoms. The van der Waals surface area contributed by atoms with E-state index in [9.17, 15) is 9.59 Å². The molecule has 0 spiro atoms. The van der Waals surface area contributed by atoms with E-state index in [0.717, 1.165) is 44.7 Å². The van der Waals surface area contributed by atoms with Crippen molar-refractivity contribution in [3.63, 3.8) is 0 Å². The van der Waals surface area contributed by atoms with Crippen molar-refractivity contribution < 1.29 is 9.59 Å². The van der Waals surface area contributed by atoms with Gasteiger partial charge in [-0.3, -0.25) is 14.5 Å². The lowest BCUT2D eigenvalue weighted by molar-refractivity contribution is -0.134. The van der Waals surface area contributed by atoms with Crippen LogP contribution in [0.25, 0.3) is 0 Å². The van der Waals surface area contributed by atoms with Crippen molar-refractivity contribution in [1.29, 1.82) is 0 Å². The minimum absolute atomic E-state index is 0.139. The van der Waals surface area contributed by atoms with Gasteiger partial charge in [-0.05, 0) is 24.5 Å². The number of allylic oxidation sites excluding steroid dienone is 1. The first-order valence-electron chi connectivity index (χ1n) is 9.97. The van der Waals surface area contributed by atoms with E-state index < -0.39 is 0 Å². The summed E-state index contributed by atoms with van der Waals surface area (Å²) in [5.74, 6) is 0.736. The van der Waals surface area contributed by atoms with Gasteiger partial charge in [0.1, 0.15) is 0 Å². The van der Waals surface area contributed by atoms with Crippen LogP contribution in [0.5, 0.6) is 0 Å². The molecule has 3 aliphatic rings. The molecule has 0 atom stereocenters. The molecule has 1 saturated carbocycles. The zero-order valence-corrected chi connectivity index (χ0v) is 16.6. The Morgan fingerprint density at radius 3 is 2.41 bits per heavy atom. The summed E-state index contributed by atoms with van der Waals surface area (Å²) in [5, 5.41) is 0. The summed E-state index contributed by atoms with van der Waals surface area (Å²) in [6.45, 7) is 7.84. The summed E-state index contributed by atoms with van der Waals surface area (Å²) in [7, 11) is 2.04. The van der Waals surface area contributed by atoms with Gasteiger partial charge in [-0.25, -0.2) is 0 Å². The molecule has 1 aromatic rings. The Hall–Kier alpha value is -2.14. The first kappa shape index (κ1) is 18.2. The molecule has 2 fully saturated rings. The highest BCUT2D eigenvalue weighted by atomic mass is 16.2. The molecule has 0 radical (unpaired) electrons. The van der Waals surface area contributed by atoms with Crippen LogP contribution in [-0.4, -0.2) is 61.3 Å². The van der Waals surface area contributed by atoms with Crippen LogP contribution < -0.4 is 4.90 Å². The molecule has 144 valence electrons. The summed E-state index contributed by atoms with van der Waals surface area (Å²) in [6.07, 6.45) is 3.93. The van der Waals surface area contributed by atoms with Crippen molar-refractivity contribution in [2.45, 2.75) is 32.1 Å². The summed E-state index contributed by atoms with van der Waals surface area (Å²) < 4.78 is 0. The molecule has 5 nitrogen and oxygen atoms in total. The number of hydrogen-bond donors (Lipinski definition) is 0. The fraction of sp³-hybridized carbons (Fsp3) is 0.545. The number of nitrogens with zero attached hydrogens (tertiary/aromatic N) is 3. The van der Waals surface area contributed by atoms with Crippen molar-refractivity contribution in [3.05, 3.63) is 41.6 Å². The molecular weight excluding hydrogens is 338 g/mol. The van der Waals surface area contributed by atoms with Crippen LogP contribution in [0.1, 0.15) is 32.3 Å². The molecule has 0 bridgehead atoms. The number of carbonyl (C=O) groups excluding carboxylic acids is 2. The number of fused-ring (bicyclic) bond motifs is 1. The number of ketones is 1. The van der Waals surface area contributed by atoms with E-state index in [1.165, 1.54) is 11.3 Å². The average Bonchev–Trinajstić information content (AvgIpc) is 3.48. The summed E-state index contributed by atoms with van der Waals surface area (Å²) in [6, 6.07) is 8.35. The number of carbonyl (C=O) groups is 2. The Bertz CT molecular complexity index is 787. The van der Waals surface area contributed by atoms with Gasteiger partial charge in [-0.2, -0.15) is 0 Å². The number of piperazine rings is 1. The van der Waals surface area contributed by atoms with Gasteiger partial charge in [0.25, 0.3) is 0 Å². The number of anilines is 1. The van der Waals surface area contributed by atoms with E-state index >= 15 is 0 Å². The molecule has 1 amide bonds. The summed E-state index contributed by atoms with van der Waals surface area (Å²) in [5.41, 5.74) is 3.32. The fourth-order valence-electron chi connectivity index (χ4n) is 4.39. The first-order valence-corrected chi connectivity index (χ1v) is 9.97. The largest absolute Gasteiger partial charge is 0.347 e. The Kier molecular flexibility index (Phi) is 4.58. The summed E-state index contributed by atoms with van der Waals surface area (Å²) >= 11 is 0. The zero-order valence-electron chi connectivity index (χ0n) is 16.6. The van der Waals surface area contributed by atoms with Gasteiger partial charge in [-0.1, -0.05) is 32.0 Å². The topological polar surface area (TPSA) is 43.9 Å². The molecular formula is C22H29N3O2. The molecule has 4 rings (SSSR count). The highest BCUT2D eigenvalue weighted by Crippen LogP contribution is 2.46. The SMILES string of the molecule is CN1/C(=C/C(=O)CN2CCN(C(=O)C3CC3)CC2)C(C)(C)c2ccccc21.